The van der Waals surface area contributed by atoms with Gasteiger partial charge in [-0.2, -0.15) is 0 Å². The predicted molar refractivity (Wildman–Crippen MR) is 105 cm³/mol. The van der Waals surface area contributed by atoms with Crippen molar-refractivity contribution in [3.63, 3.8) is 0 Å². The molecule has 2 aromatic rings. The Morgan fingerprint density at radius 3 is 2.50 bits per heavy atom. The van der Waals surface area contributed by atoms with Gasteiger partial charge in [-0.15, -0.1) is 0 Å². The molecule has 0 atom stereocenters. The van der Waals surface area contributed by atoms with Gasteiger partial charge in [0.15, 0.2) is 4.32 Å². The number of benzene rings is 2. The van der Waals surface area contributed by atoms with Gasteiger partial charge in [-0.3, -0.25) is 19.8 Å². The molecule has 11 heteroatoms. The average molecular weight is 418 g/mol. The summed E-state index contributed by atoms with van der Waals surface area (Å²) in [5.41, 5.74) is -0.452. The van der Waals surface area contributed by atoms with Crippen molar-refractivity contribution in [2.45, 2.75) is 0 Å². The van der Waals surface area contributed by atoms with Crippen molar-refractivity contribution in [3.8, 4) is 11.5 Å². The first-order valence-corrected chi connectivity index (χ1v) is 8.73. The third-order valence-electron chi connectivity index (χ3n) is 3.77. The number of anilines is 1. The van der Waals surface area contributed by atoms with E-state index in [9.17, 15) is 29.9 Å². The van der Waals surface area contributed by atoms with Crippen LogP contribution < -0.4 is 4.90 Å². The zero-order valence-corrected chi connectivity index (χ0v) is 15.4. The third kappa shape index (κ3) is 3.52. The minimum atomic E-state index is -1.37. The highest BCUT2D eigenvalue weighted by Crippen LogP contribution is 2.38. The molecule has 0 saturated carbocycles. The zero-order valence-electron chi connectivity index (χ0n) is 13.7. The molecule has 142 valence electrons. The van der Waals surface area contributed by atoms with E-state index in [0.717, 1.165) is 47.0 Å². The second-order valence-corrected chi connectivity index (χ2v) is 7.20. The number of nitro groups is 1. The number of carboxylic acids is 1. The quantitative estimate of drug-likeness (QED) is 0.295. The number of nitrogens with zero attached hydrogens (tertiary/aromatic N) is 2. The number of aromatic hydroxyl groups is 2. The smallest absolute Gasteiger partial charge is 0.339 e. The number of nitro benzene ring substituents is 1. The fraction of sp³-hybridized carbons (Fsp3) is 0. The van der Waals surface area contributed by atoms with Crippen LogP contribution in [-0.4, -0.2) is 36.4 Å². The number of phenolic OH excluding ortho intramolecular Hbond substituents is 1. The lowest BCUT2D eigenvalue weighted by atomic mass is 10.1. The Balaban J connectivity index is 2.00. The van der Waals surface area contributed by atoms with Crippen LogP contribution in [0.5, 0.6) is 11.5 Å². The zero-order chi connectivity index (χ0) is 20.6. The van der Waals surface area contributed by atoms with E-state index < -0.39 is 28.1 Å². The molecule has 3 rings (SSSR count). The first kappa shape index (κ1) is 19.3. The average Bonchev–Trinajstić information content (AvgIpc) is 2.90. The van der Waals surface area contributed by atoms with Crippen molar-refractivity contribution in [1.29, 1.82) is 0 Å². The van der Waals surface area contributed by atoms with Crippen LogP contribution in [0.4, 0.5) is 11.4 Å². The number of thiocarbonyl (C=S) groups is 1. The van der Waals surface area contributed by atoms with E-state index >= 15 is 0 Å². The van der Waals surface area contributed by atoms with E-state index in [0.29, 0.717) is 0 Å². The Hall–Kier alpha value is -3.44. The van der Waals surface area contributed by atoms with Gasteiger partial charge < -0.3 is 15.3 Å². The standard InChI is InChI=1S/C17H10N2O7S2/c20-12-3-2-10(19(25)26)5-8(12)6-14-15(22)18(17(27)28-14)9-1-4-13(21)11(7-9)16(23)24/h1-7,20-21H,(H,23,24)/b14-6-. The van der Waals surface area contributed by atoms with Gasteiger partial charge in [0.2, 0.25) is 0 Å². The first-order chi connectivity index (χ1) is 13.2. The van der Waals surface area contributed by atoms with E-state index in [1.807, 2.05) is 0 Å². The maximum Gasteiger partial charge on any atom is 0.339 e. The van der Waals surface area contributed by atoms with Gasteiger partial charge in [-0.05, 0) is 30.3 Å². The minimum absolute atomic E-state index is 0.0617. The third-order valence-corrected chi connectivity index (χ3v) is 5.07. The number of phenols is 2. The summed E-state index contributed by atoms with van der Waals surface area (Å²) in [5, 5.41) is 39.5. The molecule has 1 aliphatic heterocycles. The van der Waals surface area contributed by atoms with Crippen LogP contribution in [0.25, 0.3) is 6.08 Å². The Kier molecular flexibility index (Phi) is 5.03. The molecular weight excluding hydrogens is 408 g/mol. The summed E-state index contributed by atoms with van der Waals surface area (Å²) in [6.07, 6.45) is 1.26. The largest absolute Gasteiger partial charge is 0.507 e. The molecule has 2 aromatic carbocycles. The monoisotopic (exact) mass is 418 g/mol. The van der Waals surface area contributed by atoms with Crippen molar-refractivity contribution < 1.29 is 29.8 Å². The summed E-state index contributed by atoms with van der Waals surface area (Å²) in [5.74, 6) is -2.68. The number of amides is 1. The van der Waals surface area contributed by atoms with E-state index in [2.05, 4.69) is 0 Å². The van der Waals surface area contributed by atoms with E-state index in [-0.39, 0.29) is 31.9 Å². The Bertz CT molecular complexity index is 1080. The lowest BCUT2D eigenvalue weighted by Gasteiger charge is -2.15. The number of hydrogen-bond acceptors (Lipinski definition) is 8. The van der Waals surface area contributed by atoms with Crippen LogP contribution in [0.1, 0.15) is 15.9 Å². The first-order valence-electron chi connectivity index (χ1n) is 7.50. The highest BCUT2D eigenvalue weighted by atomic mass is 32.2. The molecule has 28 heavy (non-hydrogen) atoms. The Morgan fingerprint density at radius 2 is 1.86 bits per heavy atom. The van der Waals surface area contributed by atoms with Crippen LogP contribution in [0, 0.1) is 10.1 Å². The molecule has 0 unspecified atom stereocenters. The molecule has 3 N–H and O–H groups in total. The molecule has 0 aromatic heterocycles. The molecule has 0 radical (unpaired) electrons. The normalized spacial score (nSPS) is 15.3. The van der Waals surface area contributed by atoms with Crippen LogP contribution in [0.15, 0.2) is 41.3 Å². The molecule has 1 saturated heterocycles. The summed E-state index contributed by atoms with van der Waals surface area (Å²) >= 11 is 6.07. The van der Waals surface area contributed by atoms with Crippen LogP contribution in [0.3, 0.4) is 0 Å². The maximum atomic E-state index is 12.7. The van der Waals surface area contributed by atoms with Gasteiger partial charge in [0.05, 0.1) is 15.5 Å². The molecule has 1 fully saturated rings. The predicted octanol–water partition coefficient (Wildman–Crippen LogP) is 3.11. The highest BCUT2D eigenvalue weighted by molar-refractivity contribution is 8.27. The van der Waals surface area contributed by atoms with Crippen LogP contribution >= 0.6 is 24.0 Å². The summed E-state index contributed by atoms with van der Waals surface area (Å²) in [6.45, 7) is 0. The van der Waals surface area contributed by atoms with Crippen molar-refractivity contribution in [2.75, 3.05) is 4.90 Å². The van der Waals surface area contributed by atoms with Gasteiger partial charge in [-0.1, -0.05) is 24.0 Å². The summed E-state index contributed by atoms with van der Waals surface area (Å²) in [4.78, 5) is 35.4. The van der Waals surface area contributed by atoms with Gasteiger partial charge in [0.1, 0.15) is 17.1 Å². The van der Waals surface area contributed by atoms with Gasteiger partial charge in [0.25, 0.3) is 11.6 Å². The van der Waals surface area contributed by atoms with Gasteiger partial charge >= 0.3 is 5.97 Å². The number of non-ortho nitro benzene ring substituents is 1. The highest BCUT2D eigenvalue weighted by Gasteiger charge is 2.34. The number of carbonyl (C=O) groups is 2. The van der Waals surface area contributed by atoms with Gasteiger partial charge in [0, 0.05) is 17.7 Å². The van der Waals surface area contributed by atoms with Crippen molar-refractivity contribution >= 4 is 57.6 Å². The van der Waals surface area contributed by atoms with E-state index in [1.54, 1.807) is 0 Å². The van der Waals surface area contributed by atoms with E-state index in [1.165, 1.54) is 12.1 Å². The summed E-state index contributed by atoms with van der Waals surface area (Å²) < 4.78 is 0.100. The molecule has 0 bridgehead atoms. The molecular formula is C17H10N2O7S2. The number of rotatable bonds is 4. The summed E-state index contributed by atoms with van der Waals surface area (Å²) in [7, 11) is 0. The lowest BCUT2D eigenvalue weighted by molar-refractivity contribution is -0.384. The van der Waals surface area contributed by atoms with E-state index in [4.69, 9.17) is 17.3 Å². The second-order valence-electron chi connectivity index (χ2n) is 5.52. The van der Waals surface area contributed by atoms with Crippen molar-refractivity contribution in [2.24, 2.45) is 0 Å². The molecule has 1 aliphatic rings. The van der Waals surface area contributed by atoms with Crippen LogP contribution in [-0.2, 0) is 4.79 Å². The Labute approximate surface area is 166 Å². The fourth-order valence-electron chi connectivity index (χ4n) is 2.44. The minimum Gasteiger partial charge on any atom is -0.507 e. The second kappa shape index (κ2) is 7.29. The molecule has 9 nitrogen and oxygen atoms in total. The topological polar surface area (TPSA) is 141 Å². The number of carboxylic acid groups (broad SMARTS) is 1. The van der Waals surface area contributed by atoms with Crippen molar-refractivity contribution in [1.82, 2.24) is 0 Å². The number of thioether (sulfide) groups is 1. The van der Waals surface area contributed by atoms with Crippen molar-refractivity contribution in [3.05, 3.63) is 62.5 Å². The number of carbonyl (C=O) groups excluding carboxylic acids is 1. The molecule has 0 spiro atoms. The maximum absolute atomic E-state index is 12.7. The van der Waals surface area contributed by atoms with Crippen LogP contribution in [0.2, 0.25) is 0 Å². The summed E-state index contributed by atoms with van der Waals surface area (Å²) in [6, 6.07) is 6.96. The fourth-order valence-corrected chi connectivity index (χ4v) is 3.73. The molecule has 1 heterocycles. The Morgan fingerprint density at radius 1 is 1.18 bits per heavy atom. The SMILES string of the molecule is O=C(O)c1cc(N2C(=O)/C(=C/c3cc([N+](=O)[O-])ccc3O)SC2=S)ccc1O. The molecule has 0 aliphatic carbocycles. The lowest BCUT2D eigenvalue weighted by Crippen LogP contribution is -2.27. The molecule has 1 amide bonds. The number of aromatic carboxylic acids is 1. The van der Waals surface area contributed by atoms with Gasteiger partial charge in [-0.25, -0.2) is 4.79 Å². The number of hydrogen-bond donors (Lipinski definition) is 3.